The lowest BCUT2D eigenvalue weighted by molar-refractivity contribution is -0.906. The lowest BCUT2D eigenvalue weighted by Crippen LogP contribution is -2.43. The van der Waals surface area contributed by atoms with E-state index in [4.69, 9.17) is 0 Å². The molecule has 0 N–H and O–H groups in total. The lowest BCUT2D eigenvalue weighted by atomic mass is 9.80. The van der Waals surface area contributed by atoms with Gasteiger partial charge in [-0.3, -0.25) is 0 Å². The quantitative estimate of drug-likeness (QED) is 0.691. The first-order valence-corrected chi connectivity index (χ1v) is 6.95. The van der Waals surface area contributed by atoms with E-state index in [1.165, 1.54) is 37.7 Å². The van der Waals surface area contributed by atoms with Crippen molar-refractivity contribution >= 4 is 0 Å². The molecule has 1 fully saturated rings. The molecular weight excluding hydrogens is 206 g/mol. The van der Waals surface area contributed by atoms with Crippen molar-refractivity contribution in [3.8, 4) is 0 Å². The summed E-state index contributed by atoms with van der Waals surface area (Å²) in [6.07, 6.45) is 7.11. The minimum Gasteiger partial charge on any atom is -0.324 e. The molecule has 2 rings (SSSR count). The second-order valence-corrected chi connectivity index (χ2v) is 6.37. The number of rotatable bonds is 3. The third-order valence-electron chi connectivity index (χ3n) is 4.07. The highest BCUT2D eigenvalue weighted by Gasteiger charge is 2.34. The average Bonchev–Trinajstić information content (AvgIpc) is 2.30. The summed E-state index contributed by atoms with van der Waals surface area (Å²) < 4.78 is 1.05. The van der Waals surface area contributed by atoms with Gasteiger partial charge in [0.1, 0.15) is 6.04 Å². The zero-order chi connectivity index (χ0) is 12.3. The van der Waals surface area contributed by atoms with Gasteiger partial charge < -0.3 is 4.48 Å². The second kappa shape index (κ2) is 5.22. The fourth-order valence-corrected chi connectivity index (χ4v) is 3.45. The van der Waals surface area contributed by atoms with Crippen LogP contribution >= 0.6 is 0 Å². The molecule has 0 amide bonds. The molecule has 1 aliphatic carbocycles. The Morgan fingerprint density at radius 3 is 2.06 bits per heavy atom. The molecule has 1 aromatic rings. The molecular formula is C16H26N+. The Kier molecular flexibility index (Phi) is 3.88. The Morgan fingerprint density at radius 1 is 0.941 bits per heavy atom. The molecule has 1 saturated carbocycles. The van der Waals surface area contributed by atoms with Crippen LogP contribution in [0.1, 0.15) is 43.7 Å². The summed E-state index contributed by atoms with van der Waals surface area (Å²) in [6.45, 7) is 0. The Labute approximate surface area is 106 Å². The molecule has 17 heavy (non-hydrogen) atoms. The average molecular weight is 232 g/mol. The molecule has 0 aliphatic heterocycles. The number of hydrogen-bond acceptors (Lipinski definition) is 0. The van der Waals surface area contributed by atoms with Crippen molar-refractivity contribution in [2.75, 3.05) is 21.1 Å². The Bertz CT molecular complexity index is 330. The van der Waals surface area contributed by atoms with Crippen molar-refractivity contribution in [2.45, 2.75) is 38.1 Å². The highest BCUT2D eigenvalue weighted by atomic mass is 15.3. The minimum atomic E-state index is 0.663. The van der Waals surface area contributed by atoms with Gasteiger partial charge in [-0.15, -0.1) is 0 Å². The fourth-order valence-electron chi connectivity index (χ4n) is 3.45. The van der Waals surface area contributed by atoms with Gasteiger partial charge in [0.25, 0.3) is 0 Å². The highest BCUT2D eigenvalue weighted by Crippen LogP contribution is 2.39. The van der Waals surface area contributed by atoms with Crippen molar-refractivity contribution in [1.82, 2.24) is 0 Å². The fraction of sp³-hybridized carbons (Fsp3) is 0.625. The van der Waals surface area contributed by atoms with Crippen LogP contribution in [0.15, 0.2) is 30.3 Å². The lowest BCUT2D eigenvalue weighted by Gasteiger charge is -2.41. The molecule has 0 radical (unpaired) electrons. The van der Waals surface area contributed by atoms with Crippen LogP contribution < -0.4 is 0 Å². The molecule has 0 aromatic heterocycles. The SMILES string of the molecule is C[N+](C)(C)C(c1ccccc1)C1CCCCC1. The Balaban J connectivity index is 2.25. The van der Waals surface area contributed by atoms with Crippen molar-refractivity contribution < 1.29 is 4.48 Å². The maximum atomic E-state index is 2.34. The molecule has 0 bridgehead atoms. The standard InChI is InChI=1S/C16H26N/c1-17(2,3)16(14-10-6-4-7-11-14)15-12-8-5-9-13-15/h4,6-7,10-11,15-16H,5,8-9,12-13H2,1-3H3/q+1. The summed E-state index contributed by atoms with van der Waals surface area (Å²) >= 11 is 0. The van der Waals surface area contributed by atoms with Crippen LogP contribution in [0.5, 0.6) is 0 Å². The number of quaternary nitrogens is 1. The van der Waals surface area contributed by atoms with E-state index in [-0.39, 0.29) is 0 Å². The third-order valence-corrected chi connectivity index (χ3v) is 4.07. The first-order chi connectivity index (χ1) is 8.09. The molecule has 1 unspecified atom stereocenters. The van der Waals surface area contributed by atoms with Crippen molar-refractivity contribution in [2.24, 2.45) is 5.92 Å². The summed E-state index contributed by atoms with van der Waals surface area (Å²) in [4.78, 5) is 0. The summed E-state index contributed by atoms with van der Waals surface area (Å²) in [5, 5.41) is 0. The molecule has 1 aromatic carbocycles. The maximum Gasteiger partial charge on any atom is 0.117 e. The van der Waals surface area contributed by atoms with E-state index < -0.39 is 0 Å². The van der Waals surface area contributed by atoms with Gasteiger partial charge in [-0.1, -0.05) is 49.6 Å². The normalized spacial score (nSPS) is 20.2. The van der Waals surface area contributed by atoms with E-state index in [9.17, 15) is 0 Å². The minimum absolute atomic E-state index is 0.663. The van der Waals surface area contributed by atoms with E-state index in [2.05, 4.69) is 51.5 Å². The zero-order valence-electron chi connectivity index (χ0n) is 11.5. The van der Waals surface area contributed by atoms with Gasteiger partial charge in [0, 0.05) is 11.5 Å². The summed E-state index contributed by atoms with van der Waals surface area (Å²) in [5.41, 5.74) is 1.52. The smallest absolute Gasteiger partial charge is 0.117 e. The van der Waals surface area contributed by atoms with E-state index >= 15 is 0 Å². The van der Waals surface area contributed by atoms with E-state index in [0.717, 1.165) is 10.4 Å². The molecule has 1 atom stereocenters. The van der Waals surface area contributed by atoms with Crippen LogP contribution in [-0.4, -0.2) is 25.6 Å². The molecule has 1 aliphatic rings. The van der Waals surface area contributed by atoms with Crippen molar-refractivity contribution in [3.63, 3.8) is 0 Å². The Hall–Kier alpha value is -0.820. The predicted octanol–water partition coefficient (Wildman–Crippen LogP) is 4.01. The van der Waals surface area contributed by atoms with Crippen molar-refractivity contribution in [3.05, 3.63) is 35.9 Å². The topological polar surface area (TPSA) is 0 Å². The first-order valence-electron chi connectivity index (χ1n) is 6.95. The zero-order valence-corrected chi connectivity index (χ0v) is 11.5. The van der Waals surface area contributed by atoms with Gasteiger partial charge in [0.15, 0.2) is 0 Å². The van der Waals surface area contributed by atoms with E-state index in [1.807, 2.05) is 0 Å². The van der Waals surface area contributed by atoms with E-state index in [0.29, 0.717) is 6.04 Å². The van der Waals surface area contributed by atoms with Crippen molar-refractivity contribution in [1.29, 1.82) is 0 Å². The van der Waals surface area contributed by atoms with Crippen LogP contribution in [0, 0.1) is 5.92 Å². The number of hydrogen-bond donors (Lipinski definition) is 0. The molecule has 1 nitrogen and oxygen atoms in total. The van der Waals surface area contributed by atoms with Gasteiger partial charge in [0.05, 0.1) is 21.1 Å². The maximum absolute atomic E-state index is 2.34. The summed E-state index contributed by atoms with van der Waals surface area (Å²) in [6, 6.07) is 11.8. The van der Waals surface area contributed by atoms with Crippen LogP contribution in [0.3, 0.4) is 0 Å². The van der Waals surface area contributed by atoms with Crippen LogP contribution in [0.4, 0.5) is 0 Å². The van der Waals surface area contributed by atoms with Gasteiger partial charge in [-0.2, -0.15) is 0 Å². The Morgan fingerprint density at radius 2 is 1.53 bits per heavy atom. The van der Waals surface area contributed by atoms with Gasteiger partial charge >= 0.3 is 0 Å². The number of benzene rings is 1. The van der Waals surface area contributed by atoms with Crippen LogP contribution in [-0.2, 0) is 0 Å². The molecule has 0 saturated heterocycles. The van der Waals surface area contributed by atoms with Gasteiger partial charge in [-0.05, 0) is 12.8 Å². The first kappa shape index (κ1) is 12.6. The summed E-state index contributed by atoms with van der Waals surface area (Å²) in [7, 11) is 7.02. The highest BCUT2D eigenvalue weighted by molar-refractivity contribution is 5.18. The van der Waals surface area contributed by atoms with Crippen LogP contribution in [0.2, 0.25) is 0 Å². The molecule has 1 heteroatoms. The van der Waals surface area contributed by atoms with E-state index in [1.54, 1.807) is 0 Å². The predicted molar refractivity (Wildman–Crippen MR) is 73.8 cm³/mol. The molecule has 0 spiro atoms. The molecule has 94 valence electrons. The summed E-state index contributed by atoms with van der Waals surface area (Å²) in [5.74, 6) is 0.867. The van der Waals surface area contributed by atoms with Crippen LogP contribution in [0.25, 0.3) is 0 Å². The molecule has 0 heterocycles. The van der Waals surface area contributed by atoms with Gasteiger partial charge in [-0.25, -0.2) is 0 Å². The third kappa shape index (κ3) is 3.10. The second-order valence-electron chi connectivity index (χ2n) is 6.37. The number of nitrogens with zero attached hydrogens (tertiary/aromatic N) is 1. The van der Waals surface area contributed by atoms with Gasteiger partial charge in [0.2, 0.25) is 0 Å². The largest absolute Gasteiger partial charge is 0.324 e. The monoisotopic (exact) mass is 232 g/mol.